The van der Waals surface area contributed by atoms with Crippen molar-refractivity contribution in [3.8, 4) is 5.75 Å². The molecule has 3 aromatic carbocycles. The van der Waals surface area contributed by atoms with E-state index in [2.05, 4.69) is 16.0 Å². The highest BCUT2D eigenvalue weighted by Gasteiger charge is 2.08. The molecule has 160 valence electrons. The summed E-state index contributed by atoms with van der Waals surface area (Å²) in [7, 11) is 0. The molecule has 0 aliphatic carbocycles. The van der Waals surface area contributed by atoms with Crippen LogP contribution in [0.15, 0.2) is 78.9 Å². The van der Waals surface area contributed by atoms with Crippen molar-refractivity contribution < 1.29 is 14.3 Å². The van der Waals surface area contributed by atoms with Gasteiger partial charge in [-0.2, -0.15) is 0 Å². The molecule has 3 aromatic rings. The Morgan fingerprint density at radius 2 is 1.55 bits per heavy atom. The third kappa shape index (κ3) is 7.19. The lowest BCUT2D eigenvalue weighted by Gasteiger charge is -2.12. The molecule has 6 heteroatoms. The van der Waals surface area contributed by atoms with Gasteiger partial charge in [-0.05, 0) is 49.2 Å². The highest BCUT2D eigenvalue weighted by Crippen LogP contribution is 2.23. The van der Waals surface area contributed by atoms with Crippen LogP contribution in [0.4, 0.5) is 17.1 Å². The van der Waals surface area contributed by atoms with Crippen LogP contribution in [0, 0.1) is 0 Å². The summed E-state index contributed by atoms with van der Waals surface area (Å²) in [6.07, 6.45) is 1.09. The number of para-hydroxylation sites is 2. The highest BCUT2D eigenvalue weighted by molar-refractivity contribution is 5.95. The molecule has 31 heavy (non-hydrogen) atoms. The first-order chi connectivity index (χ1) is 15.1. The standard InChI is InChI=1S/C25H27N3O3/c1-2-31-23-14-7-6-13-22(23)28-25(30)18-26-20-11-8-12-21(17-20)27-24(29)16-15-19-9-4-3-5-10-19/h3-14,17,26H,2,15-16,18H2,1H3,(H,27,29)(H,28,30). The van der Waals surface area contributed by atoms with E-state index in [1.54, 1.807) is 6.07 Å². The Morgan fingerprint density at radius 3 is 2.35 bits per heavy atom. The predicted octanol–water partition coefficient (Wildman–Crippen LogP) is 4.71. The molecule has 0 saturated carbocycles. The molecule has 0 heterocycles. The summed E-state index contributed by atoms with van der Waals surface area (Å²) in [5, 5.41) is 8.84. The lowest BCUT2D eigenvalue weighted by atomic mass is 10.1. The quantitative estimate of drug-likeness (QED) is 0.446. The van der Waals surface area contributed by atoms with Crippen LogP contribution in [0.3, 0.4) is 0 Å². The Labute approximate surface area is 182 Å². The summed E-state index contributed by atoms with van der Waals surface area (Å²) in [6.45, 7) is 2.51. The zero-order valence-electron chi connectivity index (χ0n) is 17.6. The Kier molecular flexibility index (Phi) is 8.05. The maximum absolute atomic E-state index is 12.3. The molecule has 0 aliphatic heterocycles. The molecule has 0 spiro atoms. The fourth-order valence-corrected chi connectivity index (χ4v) is 3.06. The summed E-state index contributed by atoms with van der Waals surface area (Å²) in [4.78, 5) is 24.6. The molecule has 0 bridgehead atoms. The zero-order chi connectivity index (χ0) is 21.9. The van der Waals surface area contributed by atoms with Crippen molar-refractivity contribution in [2.75, 3.05) is 29.1 Å². The van der Waals surface area contributed by atoms with E-state index in [1.165, 1.54) is 0 Å². The Balaban J connectivity index is 1.49. The third-order valence-corrected chi connectivity index (χ3v) is 4.54. The fourth-order valence-electron chi connectivity index (χ4n) is 3.06. The molecule has 3 rings (SSSR count). The second-order valence-electron chi connectivity index (χ2n) is 6.95. The SMILES string of the molecule is CCOc1ccccc1NC(=O)CNc1cccc(NC(=O)CCc2ccccc2)c1. The van der Waals surface area contributed by atoms with Crippen LogP contribution < -0.4 is 20.7 Å². The minimum atomic E-state index is -0.190. The summed E-state index contributed by atoms with van der Waals surface area (Å²) in [5.41, 5.74) is 3.19. The van der Waals surface area contributed by atoms with Crippen LogP contribution in [-0.4, -0.2) is 25.0 Å². The monoisotopic (exact) mass is 417 g/mol. The average Bonchev–Trinajstić information content (AvgIpc) is 2.79. The van der Waals surface area contributed by atoms with E-state index in [9.17, 15) is 9.59 Å². The first-order valence-electron chi connectivity index (χ1n) is 10.3. The Hall–Kier alpha value is -3.80. The van der Waals surface area contributed by atoms with Gasteiger partial charge in [-0.1, -0.05) is 48.5 Å². The van der Waals surface area contributed by atoms with Gasteiger partial charge in [-0.25, -0.2) is 0 Å². The molecule has 0 saturated heterocycles. The van der Waals surface area contributed by atoms with Crippen LogP contribution in [0.2, 0.25) is 0 Å². The number of amides is 2. The van der Waals surface area contributed by atoms with E-state index in [0.29, 0.717) is 36.6 Å². The van der Waals surface area contributed by atoms with Crippen LogP contribution in [0.25, 0.3) is 0 Å². The van der Waals surface area contributed by atoms with E-state index in [1.807, 2.05) is 79.7 Å². The molecule has 3 N–H and O–H groups in total. The van der Waals surface area contributed by atoms with Crippen molar-refractivity contribution in [2.45, 2.75) is 19.8 Å². The van der Waals surface area contributed by atoms with Gasteiger partial charge >= 0.3 is 0 Å². The van der Waals surface area contributed by atoms with Gasteiger partial charge in [0.2, 0.25) is 11.8 Å². The summed E-state index contributed by atoms with van der Waals surface area (Å²) < 4.78 is 5.53. The van der Waals surface area contributed by atoms with Crippen LogP contribution in [0.1, 0.15) is 18.9 Å². The molecular weight excluding hydrogens is 390 g/mol. The first-order valence-corrected chi connectivity index (χ1v) is 10.3. The number of anilines is 3. The largest absolute Gasteiger partial charge is 0.492 e. The van der Waals surface area contributed by atoms with E-state index in [-0.39, 0.29) is 18.4 Å². The maximum Gasteiger partial charge on any atom is 0.243 e. The van der Waals surface area contributed by atoms with Gasteiger partial charge in [0.15, 0.2) is 0 Å². The molecular formula is C25H27N3O3. The van der Waals surface area contributed by atoms with Crippen LogP contribution >= 0.6 is 0 Å². The van der Waals surface area contributed by atoms with E-state index >= 15 is 0 Å². The van der Waals surface area contributed by atoms with Gasteiger partial charge in [0, 0.05) is 17.8 Å². The second-order valence-corrected chi connectivity index (χ2v) is 6.95. The molecule has 6 nitrogen and oxygen atoms in total. The van der Waals surface area contributed by atoms with E-state index in [0.717, 1.165) is 11.3 Å². The second kappa shape index (κ2) is 11.4. The van der Waals surface area contributed by atoms with Crippen molar-refractivity contribution in [2.24, 2.45) is 0 Å². The lowest BCUT2D eigenvalue weighted by Crippen LogP contribution is -2.22. The number of nitrogens with one attached hydrogen (secondary N) is 3. The number of hydrogen-bond acceptors (Lipinski definition) is 4. The van der Waals surface area contributed by atoms with E-state index < -0.39 is 0 Å². The number of carbonyl (C=O) groups is 2. The van der Waals surface area contributed by atoms with Crippen molar-refractivity contribution in [3.05, 3.63) is 84.4 Å². The molecule has 0 aliphatic rings. The minimum absolute atomic E-state index is 0.0497. The Morgan fingerprint density at radius 1 is 0.806 bits per heavy atom. The summed E-state index contributed by atoms with van der Waals surface area (Å²) in [5.74, 6) is 0.397. The molecule has 2 amide bonds. The molecule has 0 unspecified atom stereocenters. The smallest absolute Gasteiger partial charge is 0.243 e. The lowest BCUT2D eigenvalue weighted by molar-refractivity contribution is -0.116. The summed E-state index contributed by atoms with van der Waals surface area (Å²) >= 11 is 0. The topological polar surface area (TPSA) is 79.5 Å². The van der Waals surface area contributed by atoms with Gasteiger partial charge in [0.1, 0.15) is 5.75 Å². The number of rotatable bonds is 10. The normalized spacial score (nSPS) is 10.2. The van der Waals surface area contributed by atoms with Crippen LogP contribution in [0.5, 0.6) is 5.75 Å². The van der Waals surface area contributed by atoms with Gasteiger partial charge in [-0.3, -0.25) is 9.59 Å². The van der Waals surface area contributed by atoms with Gasteiger partial charge in [0.25, 0.3) is 0 Å². The maximum atomic E-state index is 12.3. The number of benzene rings is 3. The highest BCUT2D eigenvalue weighted by atomic mass is 16.5. The van der Waals surface area contributed by atoms with Gasteiger partial charge in [-0.15, -0.1) is 0 Å². The average molecular weight is 418 g/mol. The minimum Gasteiger partial charge on any atom is -0.492 e. The van der Waals surface area contributed by atoms with Crippen molar-refractivity contribution in [1.82, 2.24) is 0 Å². The number of aryl methyl sites for hydroxylation is 1. The number of hydrogen-bond donors (Lipinski definition) is 3. The summed E-state index contributed by atoms with van der Waals surface area (Å²) in [6, 6.07) is 24.5. The zero-order valence-corrected chi connectivity index (χ0v) is 17.6. The third-order valence-electron chi connectivity index (χ3n) is 4.54. The van der Waals surface area contributed by atoms with Crippen molar-refractivity contribution in [1.29, 1.82) is 0 Å². The first kappa shape index (κ1) is 21.9. The van der Waals surface area contributed by atoms with Crippen LogP contribution in [-0.2, 0) is 16.0 Å². The van der Waals surface area contributed by atoms with Crippen molar-refractivity contribution in [3.63, 3.8) is 0 Å². The Bertz CT molecular complexity index is 1010. The number of ether oxygens (including phenoxy) is 1. The molecule has 0 fully saturated rings. The molecule has 0 aromatic heterocycles. The predicted molar refractivity (Wildman–Crippen MR) is 125 cm³/mol. The fraction of sp³-hybridized carbons (Fsp3) is 0.200. The molecule has 0 radical (unpaired) electrons. The number of carbonyl (C=O) groups excluding carboxylic acids is 2. The van der Waals surface area contributed by atoms with E-state index in [4.69, 9.17) is 4.74 Å². The van der Waals surface area contributed by atoms with Gasteiger partial charge in [0.05, 0.1) is 18.8 Å². The van der Waals surface area contributed by atoms with Gasteiger partial charge < -0.3 is 20.7 Å². The van der Waals surface area contributed by atoms with Crippen molar-refractivity contribution >= 4 is 28.9 Å². The molecule has 0 atom stereocenters.